The van der Waals surface area contributed by atoms with Crippen molar-refractivity contribution in [3.05, 3.63) is 48.2 Å². The number of hydrogen-bond acceptors (Lipinski definition) is 4. The molecule has 0 fully saturated rings. The summed E-state index contributed by atoms with van der Waals surface area (Å²) in [7, 11) is 1.48. The number of ether oxygens (including phenoxy) is 1. The van der Waals surface area contributed by atoms with Gasteiger partial charge in [0, 0.05) is 24.5 Å². The van der Waals surface area contributed by atoms with Crippen LogP contribution < -0.4 is 9.64 Å². The number of phenolic OH excluding ortho intramolecular Hbond substituents is 1. The summed E-state index contributed by atoms with van der Waals surface area (Å²) in [5.41, 5.74) is 1.02. The SMILES string of the molecule is CCN(C(=O)c1cccnc1OC)c1cccc(O)c1. The second-order valence-corrected chi connectivity index (χ2v) is 4.13. The molecule has 104 valence electrons. The van der Waals surface area contributed by atoms with Crippen molar-refractivity contribution in [1.29, 1.82) is 0 Å². The van der Waals surface area contributed by atoms with E-state index in [1.54, 1.807) is 47.5 Å². The van der Waals surface area contributed by atoms with Crippen molar-refractivity contribution in [1.82, 2.24) is 4.98 Å². The van der Waals surface area contributed by atoms with Crippen molar-refractivity contribution in [2.45, 2.75) is 6.92 Å². The summed E-state index contributed by atoms with van der Waals surface area (Å²) in [5, 5.41) is 9.54. The molecule has 0 saturated carbocycles. The summed E-state index contributed by atoms with van der Waals surface area (Å²) in [5.74, 6) is 0.186. The van der Waals surface area contributed by atoms with Gasteiger partial charge in [-0.1, -0.05) is 6.07 Å². The highest BCUT2D eigenvalue weighted by molar-refractivity contribution is 6.07. The van der Waals surface area contributed by atoms with Gasteiger partial charge >= 0.3 is 0 Å². The first-order valence-electron chi connectivity index (χ1n) is 6.27. The third kappa shape index (κ3) is 2.71. The van der Waals surface area contributed by atoms with Crippen LogP contribution in [0.3, 0.4) is 0 Å². The zero-order valence-electron chi connectivity index (χ0n) is 11.4. The van der Waals surface area contributed by atoms with Crippen LogP contribution in [0.5, 0.6) is 11.6 Å². The number of aromatic nitrogens is 1. The Bertz CT molecular complexity index is 614. The van der Waals surface area contributed by atoms with Crippen LogP contribution in [0.25, 0.3) is 0 Å². The van der Waals surface area contributed by atoms with Crippen LogP contribution >= 0.6 is 0 Å². The molecule has 1 N–H and O–H groups in total. The Morgan fingerprint density at radius 3 is 2.80 bits per heavy atom. The van der Waals surface area contributed by atoms with Gasteiger partial charge in [-0.3, -0.25) is 4.79 Å². The topological polar surface area (TPSA) is 62.7 Å². The maximum atomic E-state index is 12.6. The van der Waals surface area contributed by atoms with Crippen molar-refractivity contribution in [3.8, 4) is 11.6 Å². The lowest BCUT2D eigenvalue weighted by molar-refractivity contribution is 0.0984. The fourth-order valence-corrected chi connectivity index (χ4v) is 1.97. The van der Waals surface area contributed by atoms with E-state index >= 15 is 0 Å². The van der Waals surface area contributed by atoms with Crippen LogP contribution in [0.2, 0.25) is 0 Å². The Morgan fingerprint density at radius 1 is 1.35 bits per heavy atom. The minimum atomic E-state index is -0.219. The highest BCUT2D eigenvalue weighted by Crippen LogP contribution is 2.24. The normalized spacial score (nSPS) is 10.1. The molecule has 0 aliphatic rings. The van der Waals surface area contributed by atoms with Gasteiger partial charge in [0.2, 0.25) is 5.88 Å². The molecular formula is C15H16N2O3. The predicted octanol–water partition coefficient (Wildman–Crippen LogP) is 2.46. The molecule has 1 aromatic heterocycles. The van der Waals surface area contributed by atoms with Crippen molar-refractivity contribution in [2.24, 2.45) is 0 Å². The molecule has 0 unspecified atom stereocenters. The van der Waals surface area contributed by atoms with Gasteiger partial charge in [-0.2, -0.15) is 0 Å². The van der Waals surface area contributed by atoms with Crippen LogP contribution in [0.1, 0.15) is 17.3 Å². The number of carbonyl (C=O) groups excluding carboxylic acids is 1. The average molecular weight is 272 g/mol. The van der Waals surface area contributed by atoms with Gasteiger partial charge in [0.05, 0.1) is 7.11 Å². The molecule has 1 heterocycles. The van der Waals surface area contributed by atoms with Gasteiger partial charge in [-0.05, 0) is 31.2 Å². The van der Waals surface area contributed by atoms with Crippen molar-refractivity contribution in [3.63, 3.8) is 0 Å². The van der Waals surface area contributed by atoms with Crippen molar-refractivity contribution >= 4 is 11.6 Å². The number of phenols is 1. The van der Waals surface area contributed by atoms with Gasteiger partial charge < -0.3 is 14.7 Å². The summed E-state index contributed by atoms with van der Waals surface area (Å²) < 4.78 is 5.11. The fraction of sp³-hybridized carbons (Fsp3) is 0.200. The van der Waals surface area contributed by atoms with Crippen LogP contribution in [-0.4, -0.2) is 29.7 Å². The molecule has 0 bridgehead atoms. The molecule has 20 heavy (non-hydrogen) atoms. The maximum absolute atomic E-state index is 12.6. The van der Waals surface area contributed by atoms with Crippen LogP contribution in [-0.2, 0) is 0 Å². The number of methoxy groups -OCH3 is 1. The largest absolute Gasteiger partial charge is 0.508 e. The zero-order chi connectivity index (χ0) is 14.5. The molecule has 5 nitrogen and oxygen atoms in total. The molecular weight excluding hydrogens is 256 g/mol. The molecule has 1 amide bonds. The molecule has 0 atom stereocenters. The first-order valence-corrected chi connectivity index (χ1v) is 6.27. The summed E-state index contributed by atoms with van der Waals surface area (Å²) in [6, 6.07) is 9.92. The first kappa shape index (κ1) is 13.9. The Morgan fingerprint density at radius 2 is 2.15 bits per heavy atom. The van der Waals surface area contributed by atoms with E-state index in [0.29, 0.717) is 17.8 Å². The monoisotopic (exact) mass is 272 g/mol. The van der Waals surface area contributed by atoms with Gasteiger partial charge in [-0.15, -0.1) is 0 Å². The molecule has 0 aliphatic carbocycles. The number of pyridine rings is 1. The third-order valence-corrected chi connectivity index (χ3v) is 2.90. The zero-order valence-corrected chi connectivity index (χ0v) is 11.4. The molecule has 0 spiro atoms. The minimum absolute atomic E-state index is 0.118. The van der Waals surface area contributed by atoms with E-state index in [2.05, 4.69) is 4.98 Å². The first-order chi connectivity index (χ1) is 9.67. The average Bonchev–Trinajstić information content (AvgIpc) is 2.48. The van der Waals surface area contributed by atoms with Crippen LogP contribution in [0.15, 0.2) is 42.6 Å². The molecule has 5 heteroatoms. The molecule has 2 aromatic rings. The molecule has 0 radical (unpaired) electrons. The van der Waals surface area contributed by atoms with E-state index in [1.807, 2.05) is 6.92 Å². The lowest BCUT2D eigenvalue weighted by Gasteiger charge is -2.21. The van der Waals surface area contributed by atoms with Gasteiger partial charge in [0.25, 0.3) is 5.91 Å². The van der Waals surface area contributed by atoms with Gasteiger partial charge in [0.15, 0.2) is 0 Å². The lowest BCUT2D eigenvalue weighted by Crippen LogP contribution is -2.31. The van der Waals surface area contributed by atoms with Crippen LogP contribution in [0.4, 0.5) is 5.69 Å². The van der Waals surface area contributed by atoms with E-state index in [0.717, 1.165) is 0 Å². The minimum Gasteiger partial charge on any atom is -0.508 e. The number of carbonyl (C=O) groups is 1. The van der Waals surface area contributed by atoms with Gasteiger partial charge in [0.1, 0.15) is 11.3 Å². The second kappa shape index (κ2) is 6.06. The summed E-state index contributed by atoms with van der Waals surface area (Å²) in [6.07, 6.45) is 1.57. The highest BCUT2D eigenvalue weighted by atomic mass is 16.5. The molecule has 0 aliphatic heterocycles. The summed E-state index contributed by atoms with van der Waals surface area (Å²) >= 11 is 0. The van der Waals surface area contributed by atoms with Crippen LogP contribution in [0, 0.1) is 0 Å². The summed E-state index contributed by atoms with van der Waals surface area (Å²) in [6.45, 7) is 2.34. The smallest absolute Gasteiger partial charge is 0.263 e. The van der Waals surface area contributed by atoms with E-state index in [-0.39, 0.29) is 17.5 Å². The lowest BCUT2D eigenvalue weighted by atomic mass is 10.2. The maximum Gasteiger partial charge on any atom is 0.263 e. The van der Waals surface area contributed by atoms with Crippen molar-refractivity contribution < 1.29 is 14.6 Å². The second-order valence-electron chi connectivity index (χ2n) is 4.13. The number of anilines is 1. The van der Waals surface area contributed by atoms with E-state index < -0.39 is 0 Å². The molecule has 0 saturated heterocycles. The Balaban J connectivity index is 2.39. The number of hydrogen-bond donors (Lipinski definition) is 1. The van der Waals surface area contributed by atoms with E-state index in [9.17, 15) is 9.90 Å². The van der Waals surface area contributed by atoms with Gasteiger partial charge in [-0.25, -0.2) is 4.98 Å². The number of nitrogens with zero attached hydrogens (tertiary/aromatic N) is 2. The number of amides is 1. The Kier molecular flexibility index (Phi) is 4.20. The number of benzene rings is 1. The molecule has 1 aromatic carbocycles. The summed E-state index contributed by atoms with van der Waals surface area (Å²) in [4.78, 5) is 18.2. The highest BCUT2D eigenvalue weighted by Gasteiger charge is 2.20. The predicted molar refractivity (Wildman–Crippen MR) is 76.2 cm³/mol. The van der Waals surface area contributed by atoms with Crippen molar-refractivity contribution in [2.75, 3.05) is 18.6 Å². The third-order valence-electron chi connectivity index (χ3n) is 2.90. The molecule has 2 rings (SSSR count). The number of rotatable bonds is 4. The Labute approximate surface area is 117 Å². The quantitative estimate of drug-likeness (QED) is 0.928. The van der Waals surface area contributed by atoms with E-state index in [4.69, 9.17) is 4.74 Å². The van der Waals surface area contributed by atoms with E-state index in [1.165, 1.54) is 7.11 Å². The standard InChI is InChI=1S/C15H16N2O3/c1-3-17(11-6-4-7-12(18)10-11)15(19)13-8-5-9-16-14(13)20-2/h4-10,18H,3H2,1-2H3. The number of aromatic hydroxyl groups is 1. The fourth-order valence-electron chi connectivity index (χ4n) is 1.97. The Hall–Kier alpha value is -2.56.